The van der Waals surface area contributed by atoms with E-state index in [4.69, 9.17) is 33.8 Å². The molecule has 0 amide bonds. The van der Waals surface area contributed by atoms with Crippen LogP contribution in [-0.4, -0.2) is 4.98 Å². The van der Waals surface area contributed by atoms with Gasteiger partial charge in [-0.25, -0.2) is 10.8 Å². The predicted octanol–water partition coefficient (Wildman–Crippen LogP) is 3.25. The molecule has 0 unspecified atom stereocenters. The summed E-state index contributed by atoms with van der Waals surface area (Å²) in [6.07, 6.45) is 1.67. The highest BCUT2D eigenvalue weighted by Crippen LogP contribution is 2.32. The molecule has 0 aliphatic carbocycles. The van der Waals surface area contributed by atoms with Crippen molar-refractivity contribution >= 4 is 29.0 Å². The highest BCUT2D eigenvalue weighted by molar-refractivity contribution is 6.37. The van der Waals surface area contributed by atoms with Crippen molar-refractivity contribution in [1.82, 2.24) is 4.98 Å². The highest BCUT2D eigenvalue weighted by Gasteiger charge is 2.06. The zero-order chi connectivity index (χ0) is 13.0. The fourth-order valence-electron chi connectivity index (χ4n) is 1.37. The monoisotopic (exact) mass is 283 g/mol. The Balaban J connectivity index is 2.06. The van der Waals surface area contributed by atoms with Gasteiger partial charge in [-0.1, -0.05) is 35.3 Å². The quantitative estimate of drug-likeness (QED) is 0.668. The summed E-state index contributed by atoms with van der Waals surface area (Å²) in [6, 6.07) is 8.82. The number of hydrogen-bond acceptors (Lipinski definition) is 4. The van der Waals surface area contributed by atoms with Gasteiger partial charge in [-0.05, 0) is 18.2 Å². The maximum Gasteiger partial charge on any atom is 0.156 e. The van der Waals surface area contributed by atoms with Crippen molar-refractivity contribution in [2.45, 2.75) is 6.61 Å². The number of hydrogen-bond donors (Lipinski definition) is 2. The second-order valence-corrected chi connectivity index (χ2v) is 4.35. The molecule has 0 aliphatic rings. The molecule has 18 heavy (non-hydrogen) atoms. The van der Waals surface area contributed by atoms with Crippen molar-refractivity contribution in [3.05, 3.63) is 52.1 Å². The van der Waals surface area contributed by atoms with Crippen molar-refractivity contribution in [1.29, 1.82) is 0 Å². The second-order valence-electron chi connectivity index (χ2n) is 3.54. The first kappa shape index (κ1) is 13.0. The summed E-state index contributed by atoms with van der Waals surface area (Å²) in [5, 5.41) is 0.964. The molecule has 3 N–H and O–H groups in total. The van der Waals surface area contributed by atoms with Gasteiger partial charge in [0.15, 0.2) is 5.75 Å². The average molecular weight is 284 g/mol. The molecule has 0 aliphatic heterocycles. The van der Waals surface area contributed by atoms with Crippen LogP contribution < -0.4 is 16.0 Å². The van der Waals surface area contributed by atoms with E-state index in [9.17, 15) is 0 Å². The molecule has 1 aromatic carbocycles. The lowest BCUT2D eigenvalue weighted by molar-refractivity contribution is 0.306. The van der Waals surface area contributed by atoms with Gasteiger partial charge >= 0.3 is 0 Å². The molecular weight excluding hydrogens is 273 g/mol. The largest absolute Gasteiger partial charge is 0.486 e. The summed E-state index contributed by atoms with van der Waals surface area (Å²) in [7, 11) is 0. The zero-order valence-corrected chi connectivity index (χ0v) is 10.9. The highest BCUT2D eigenvalue weighted by atomic mass is 35.5. The fraction of sp³-hybridized carbons (Fsp3) is 0.0833. The zero-order valence-electron chi connectivity index (χ0n) is 9.36. The second kappa shape index (κ2) is 5.91. The number of hydrazine groups is 1. The Morgan fingerprint density at radius 2 is 1.89 bits per heavy atom. The van der Waals surface area contributed by atoms with Crippen LogP contribution in [0.15, 0.2) is 36.5 Å². The fourth-order valence-corrected chi connectivity index (χ4v) is 1.88. The van der Waals surface area contributed by atoms with Crippen LogP contribution in [0.25, 0.3) is 0 Å². The van der Waals surface area contributed by atoms with E-state index in [1.54, 1.807) is 30.5 Å². The Bertz CT molecular complexity index is 511. The van der Waals surface area contributed by atoms with Gasteiger partial charge < -0.3 is 10.2 Å². The van der Waals surface area contributed by atoms with Crippen LogP contribution in [0.3, 0.4) is 0 Å². The van der Waals surface area contributed by atoms with Crippen molar-refractivity contribution < 1.29 is 4.74 Å². The summed E-state index contributed by atoms with van der Waals surface area (Å²) in [5.41, 5.74) is 3.35. The minimum atomic E-state index is 0.335. The van der Waals surface area contributed by atoms with Crippen LogP contribution in [0.2, 0.25) is 10.0 Å². The molecule has 4 nitrogen and oxygen atoms in total. The number of anilines is 1. The maximum atomic E-state index is 5.99. The number of ether oxygens (including phenoxy) is 1. The summed E-state index contributed by atoms with van der Waals surface area (Å²) in [6.45, 7) is 0.335. The number of halogens is 2. The van der Waals surface area contributed by atoms with Gasteiger partial charge in [0.05, 0.1) is 10.0 Å². The van der Waals surface area contributed by atoms with E-state index in [0.29, 0.717) is 28.2 Å². The van der Waals surface area contributed by atoms with Gasteiger partial charge in [0.1, 0.15) is 12.4 Å². The number of para-hydroxylation sites is 1. The third-order valence-corrected chi connectivity index (χ3v) is 2.87. The predicted molar refractivity (Wildman–Crippen MR) is 72.8 cm³/mol. The lowest BCUT2D eigenvalue weighted by atomic mass is 10.3. The topological polar surface area (TPSA) is 60.2 Å². The van der Waals surface area contributed by atoms with Crippen LogP contribution in [0.1, 0.15) is 5.56 Å². The Kier molecular flexibility index (Phi) is 4.25. The van der Waals surface area contributed by atoms with Gasteiger partial charge in [0.2, 0.25) is 0 Å². The third-order valence-electron chi connectivity index (χ3n) is 2.27. The molecule has 0 fully saturated rings. The molecule has 1 heterocycles. The van der Waals surface area contributed by atoms with E-state index in [0.717, 1.165) is 5.56 Å². The third kappa shape index (κ3) is 3.04. The molecule has 94 valence electrons. The van der Waals surface area contributed by atoms with Crippen molar-refractivity contribution in [2.24, 2.45) is 5.84 Å². The van der Waals surface area contributed by atoms with Crippen LogP contribution in [-0.2, 0) is 6.61 Å². The Hall–Kier alpha value is -1.49. The standard InChI is InChI=1S/C12H11Cl2N3O/c13-9-2-1-3-10(14)12(9)18-7-8-4-5-11(17-15)16-6-8/h1-6H,7,15H2,(H,16,17). The molecule has 0 atom stereocenters. The van der Waals surface area contributed by atoms with E-state index < -0.39 is 0 Å². The van der Waals surface area contributed by atoms with Crippen molar-refractivity contribution in [3.8, 4) is 5.75 Å². The molecule has 0 spiro atoms. The normalized spacial score (nSPS) is 10.2. The maximum absolute atomic E-state index is 5.99. The molecule has 0 bridgehead atoms. The SMILES string of the molecule is NNc1ccc(COc2c(Cl)cccc2Cl)cn1. The van der Waals surface area contributed by atoms with Gasteiger partial charge in [0.25, 0.3) is 0 Å². The van der Waals surface area contributed by atoms with Crippen molar-refractivity contribution in [3.63, 3.8) is 0 Å². The van der Waals surface area contributed by atoms with Crippen LogP contribution in [0, 0.1) is 0 Å². The van der Waals surface area contributed by atoms with E-state index in [-0.39, 0.29) is 0 Å². The lowest BCUT2D eigenvalue weighted by Crippen LogP contribution is -2.08. The molecule has 6 heteroatoms. The van der Waals surface area contributed by atoms with E-state index >= 15 is 0 Å². The minimum Gasteiger partial charge on any atom is -0.486 e. The molecule has 0 saturated heterocycles. The number of rotatable bonds is 4. The van der Waals surface area contributed by atoms with Crippen LogP contribution in [0.5, 0.6) is 5.75 Å². The average Bonchev–Trinajstić information content (AvgIpc) is 2.39. The number of aromatic nitrogens is 1. The summed E-state index contributed by atoms with van der Waals surface area (Å²) in [4.78, 5) is 4.07. The van der Waals surface area contributed by atoms with Gasteiger partial charge in [-0.3, -0.25) is 0 Å². The smallest absolute Gasteiger partial charge is 0.156 e. The number of benzene rings is 1. The van der Waals surface area contributed by atoms with E-state index in [1.807, 2.05) is 6.07 Å². The first-order chi connectivity index (χ1) is 8.70. The van der Waals surface area contributed by atoms with E-state index in [2.05, 4.69) is 10.4 Å². The van der Waals surface area contributed by atoms with Gasteiger partial charge in [-0.15, -0.1) is 0 Å². The summed E-state index contributed by atoms with van der Waals surface area (Å²) >= 11 is 12.0. The Labute approximate surface area is 115 Å². The first-order valence-electron chi connectivity index (χ1n) is 5.19. The Morgan fingerprint density at radius 1 is 1.17 bits per heavy atom. The van der Waals surface area contributed by atoms with Gasteiger partial charge in [-0.2, -0.15) is 0 Å². The lowest BCUT2D eigenvalue weighted by Gasteiger charge is -2.09. The summed E-state index contributed by atoms with van der Waals surface area (Å²) in [5.74, 6) is 6.29. The van der Waals surface area contributed by atoms with Crippen molar-refractivity contribution in [2.75, 3.05) is 5.43 Å². The molecule has 1 aromatic heterocycles. The van der Waals surface area contributed by atoms with Gasteiger partial charge in [0, 0.05) is 11.8 Å². The molecule has 2 rings (SSSR count). The number of nitrogens with two attached hydrogens (primary N) is 1. The minimum absolute atomic E-state index is 0.335. The molecule has 2 aromatic rings. The first-order valence-corrected chi connectivity index (χ1v) is 5.94. The summed E-state index contributed by atoms with van der Waals surface area (Å²) < 4.78 is 5.57. The number of nitrogen functional groups attached to an aromatic ring is 1. The molecule has 0 radical (unpaired) electrons. The van der Waals surface area contributed by atoms with Crippen LogP contribution in [0.4, 0.5) is 5.82 Å². The number of nitrogens with zero attached hydrogens (tertiary/aromatic N) is 1. The van der Waals surface area contributed by atoms with E-state index in [1.165, 1.54) is 0 Å². The number of nitrogens with one attached hydrogen (secondary N) is 1. The van der Waals surface area contributed by atoms with Crippen LogP contribution >= 0.6 is 23.2 Å². The number of pyridine rings is 1. The Morgan fingerprint density at radius 3 is 2.44 bits per heavy atom. The molecular formula is C12H11Cl2N3O. The molecule has 0 saturated carbocycles.